The fourth-order valence-electron chi connectivity index (χ4n) is 5.60. The molecule has 12 nitrogen and oxygen atoms in total. The van der Waals surface area contributed by atoms with Crippen LogP contribution in [0, 0.1) is 11.8 Å². The summed E-state index contributed by atoms with van der Waals surface area (Å²) in [6.45, 7) is 11.0. The maximum Gasteiger partial charge on any atom is 0.244 e. The summed E-state index contributed by atoms with van der Waals surface area (Å²) in [6, 6.07) is 10.8. The number of aromatic nitrogens is 4. The van der Waals surface area contributed by atoms with E-state index in [0.717, 1.165) is 25.7 Å². The number of ketones is 2. The summed E-state index contributed by atoms with van der Waals surface area (Å²) in [5.74, 6) is 0.429. The van der Waals surface area contributed by atoms with Crippen molar-refractivity contribution in [2.24, 2.45) is 11.8 Å². The van der Waals surface area contributed by atoms with E-state index in [-0.39, 0.29) is 48.3 Å². The molecule has 0 aliphatic heterocycles. The highest BCUT2D eigenvalue weighted by molar-refractivity contribution is 6.08. The Labute approximate surface area is 281 Å². The van der Waals surface area contributed by atoms with Crippen LogP contribution in [0.25, 0.3) is 21.8 Å². The quantitative estimate of drug-likeness (QED) is 0.112. The second-order valence-corrected chi connectivity index (χ2v) is 12.6. The monoisotopic (exact) mass is 660 g/mol. The summed E-state index contributed by atoms with van der Waals surface area (Å²) < 4.78 is 13.9. The van der Waals surface area contributed by atoms with E-state index in [1.807, 2.05) is 40.7 Å². The van der Waals surface area contributed by atoms with Gasteiger partial charge >= 0.3 is 0 Å². The molecule has 0 saturated carbocycles. The lowest BCUT2D eigenvalue weighted by atomic mass is 10.0. The third kappa shape index (κ3) is 8.39. The number of hydrogen-bond acceptors (Lipinski definition) is 8. The van der Waals surface area contributed by atoms with Gasteiger partial charge in [0.25, 0.3) is 0 Å². The molecule has 0 aliphatic rings. The van der Waals surface area contributed by atoms with Gasteiger partial charge in [-0.15, -0.1) is 0 Å². The summed E-state index contributed by atoms with van der Waals surface area (Å²) in [6.07, 6.45) is 3.42. The van der Waals surface area contributed by atoms with Crippen LogP contribution >= 0.6 is 0 Å². The van der Waals surface area contributed by atoms with Crippen molar-refractivity contribution >= 4 is 45.2 Å². The molecule has 0 unspecified atom stereocenters. The molecule has 4 aromatic rings. The first-order valence-corrected chi connectivity index (χ1v) is 16.7. The summed E-state index contributed by atoms with van der Waals surface area (Å²) in [7, 11) is 3.15. The van der Waals surface area contributed by atoms with Crippen molar-refractivity contribution in [3.05, 3.63) is 47.8 Å². The molecule has 2 aromatic heterocycles. The van der Waals surface area contributed by atoms with E-state index in [4.69, 9.17) is 9.47 Å². The van der Waals surface area contributed by atoms with Gasteiger partial charge in [-0.3, -0.25) is 28.5 Å². The Balaban J connectivity index is 1.25. The lowest BCUT2D eigenvalue weighted by Gasteiger charge is -2.21. The number of carbonyl (C=O) groups excluding carboxylic acids is 4. The number of likely N-dealkylation sites (N-methyl/N-ethyl adjacent to an activating group) is 1. The average Bonchev–Trinajstić information content (AvgIpc) is 3.61. The minimum Gasteiger partial charge on any atom is -0.497 e. The van der Waals surface area contributed by atoms with Crippen molar-refractivity contribution in [2.45, 2.75) is 73.4 Å². The Kier molecular flexibility index (Phi) is 12.3. The van der Waals surface area contributed by atoms with Crippen LogP contribution in [0.2, 0.25) is 0 Å². The number of unbranched alkanes of at least 4 members (excludes halogenated alkanes) is 3. The molecule has 258 valence electrons. The minimum atomic E-state index is -0.217. The Bertz CT molecular complexity index is 1770. The van der Waals surface area contributed by atoms with Crippen LogP contribution in [-0.2, 0) is 22.7 Å². The normalized spacial score (nSPS) is 11.4. The maximum absolute atomic E-state index is 13.3. The summed E-state index contributed by atoms with van der Waals surface area (Å²) in [5, 5.41) is 13.4. The molecule has 0 spiro atoms. The molecule has 1 N–H and O–H groups in total. The fraction of sp³-hybridized carbons (Fsp3) is 0.500. The summed E-state index contributed by atoms with van der Waals surface area (Å²) in [4.78, 5) is 53.5. The SMILES string of the molecule is CCN(CCCCCCNC(=O)Cn1nc(C(=O)C(C)C)c2ccc(OC)cc21)C(=O)Cn1nc(C(=O)C(C)C)c2ccc(OC)cc21. The number of hydrogen-bond donors (Lipinski definition) is 1. The van der Waals surface area contributed by atoms with Crippen molar-refractivity contribution in [1.82, 2.24) is 29.8 Å². The number of methoxy groups -OCH3 is 2. The van der Waals surface area contributed by atoms with Crippen LogP contribution in [-0.4, -0.2) is 81.7 Å². The summed E-state index contributed by atoms with van der Waals surface area (Å²) in [5.41, 5.74) is 2.09. The van der Waals surface area contributed by atoms with E-state index in [0.29, 0.717) is 64.3 Å². The maximum atomic E-state index is 13.3. The van der Waals surface area contributed by atoms with Gasteiger partial charge in [0.15, 0.2) is 11.6 Å². The highest BCUT2D eigenvalue weighted by Crippen LogP contribution is 2.27. The molecule has 0 radical (unpaired) electrons. The number of fused-ring (bicyclic) bond motifs is 2. The largest absolute Gasteiger partial charge is 0.497 e. The van der Waals surface area contributed by atoms with Gasteiger partial charge in [0.05, 0.1) is 25.3 Å². The van der Waals surface area contributed by atoms with Crippen LogP contribution in [0.5, 0.6) is 11.5 Å². The molecule has 4 rings (SSSR count). The highest BCUT2D eigenvalue weighted by Gasteiger charge is 2.23. The average molecular weight is 661 g/mol. The lowest BCUT2D eigenvalue weighted by Crippen LogP contribution is -2.34. The molecule has 2 aromatic carbocycles. The molecule has 12 heteroatoms. The molecular weight excluding hydrogens is 612 g/mol. The van der Waals surface area contributed by atoms with E-state index >= 15 is 0 Å². The fourth-order valence-corrected chi connectivity index (χ4v) is 5.60. The van der Waals surface area contributed by atoms with Crippen molar-refractivity contribution in [2.75, 3.05) is 33.9 Å². The number of benzene rings is 2. The molecule has 0 saturated heterocycles. The van der Waals surface area contributed by atoms with Crippen LogP contribution in [0.15, 0.2) is 36.4 Å². The molecule has 0 aliphatic carbocycles. The molecule has 2 amide bonds. The van der Waals surface area contributed by atoms with Gasteiger partial charge in [-0.25, -0.2) is 0 Å². The second kappa shape index (κ2) is 16.4. The van der Waals surface area contributed by atoms with Gasteiger partial charge < -0.3 is 19.7 Å². The van der Waals surface area contributed by atoms with E-state index in [2.05, 4.69) is 15.5 Å². The van der Waals surface area contributed by atoms with Crippen molar-refractivity contribution in [3.63, 3.8) is 0 Å². The summed E-state index contributed by atoms with van der Waals surface area (Å²) >= 11 is 0. The van der Waals surface area contributed by atoms with Gasteiger partial charge in [0.2, 0.25) is 11.8 Å². The zero-order chi connectivity index (χ0) is 35.0. The number of nitrogens with zero attached hydrogens (tertiary/aromatic N) is 5. The lowest BCUT2D eigenvalue weighted by molar-refractivity contribution is -0.131. The molecule has 0 bridgehead atoms. The number of amides is 2. The first-order valence-electron chi connectivity index (χ1n) is 16.7. The minimum absolute atomic E-state index is 0.00590. The van der Waals surface area contributed by atoms with Gasteiger partial charge in [0, 0.05) is 54.4 Å². The van der Waals surface area contributed by atoms with Gasteiger partial charge in [0.1, 0.15) is 36.0 Å². The third-order valence-electron chi connectivity index (χ3n) is 8.42. The molecule has 48 heavy (non-hydrogen) atoms. The first kappa shape index (κ1) is 36.1. The zero-order valence-electron chi connectivity index (χ0n) is 29.2. The van der Waals surface area contributed by atoms with Crippen LogP contribution in [0.4, 0.5) is 0 Å². The standard InChI is InChI=1S/C36H48N6O6/c1-8-40(32(44)22-42-30-20-26(48-7)14-16-28(30)34(39-42)36(46)24(4)5)18-12-10-9-11-17-37-31(43)21-41-29-19-25(47-6)13-15-27(29)33(38-41)35(45)23(2)3/h13-16,19-20,23-24H,8-12,17-18,21-22H2,1-7H3,(H,37,43). The molecule has 0 fully saturated rings. The Hall–Kier alpha value is -4.74. The number of carbonyl (C=O) groups is 4. The van der Waals surface area contributed by atoms with Crippen LogP contribution in [0.3, 0.4) is 0 Å². The Morgan fingerprint density at radius 2 is 1.25 bits per heavy atom. The van der Waals surface area contributed by atoms with E-state index in [9.17, 15) is 19.2 Å². The van der Waals surface area contributed by atoms with Crippen molar-refractivity contribution in [3.8, 4) is 11.5 Å². The second-order valence-electron chi connectivity index (χ2n) is 12.6. The predicted molar refractivity (Wildman–Crippen MR) is 185 cm³/mol. The van der Waals surface area contributed by atoms with Gasteiger partial charge in [-0.2, -0.15) is 10.2 Å². The van der Waals surface area contributed by atoms with Crippen LogP contribution in [0.1, 0.15) is 81.3 Å². The van der Waals surface area contributed by atoms with Gasteiger partial charge in [-0.1, -0.05) is 40.5 Å². The van der Waals surface area contributed by atoms with Crippen LogP contribution < -0.4 is 14.8 Å². The Morgan fingerprint density at radius 1 is 0.750 bits per heavy atom. The van der Waals surface area contributed by atoms with E-state index < -0.39 is 0 Å². The highest BCUT2D eigenvalue weighted by atomic mass is 16.5. The smallest absolute Gasteiger partial charge is 0.244 e. The van der Waals surface area contributed by atoms with E-state index in [1.54, 1.807) is 58.8 Å². The van der Waals surface area contributed by atoms with Crippen molar-refractivity contribution in [1.29, 1.82) is 0 Å². The number of rotatable bonds is 18. The molecule has 2 heterocycles. The molecule has 0 atom stereocenters. The van der Waals surface area contributed by atoms with Crippen molar-refractivity contribution < 1.29 is 28.7 Å². The first-order chi connectivity index (χ1) is 23.0. The van der Waals surface area contributed by atoms with E-state index in [1.165, 1.54) is 0 Å². The number of Topliss-reactive ketones (excluding diaryl/α,β-unsaturated/α-hetero) is 2. The molecular formula is C36H48N6O6. The topological polar surface area (TPSA) is 138 Å². The Morgan fingerprint density at radius 3 is 1.73 bits per heavy atom. The number of ether oxygens (including phenoxy) is 2. The van der Waals surface area contributed by atoms with Gasteiger partial charge in [-0.05, 0) is 44.0 Å². The third-order valence-corrected chi connectivity index (χ3v) is 8.42. The predicted octanol–water partition coefficient (Wildman–Crippen LogP) is 5.31. The number of nitrogens with one attached hydrogen (secondary N) is 1. The zero-order valence-corrected chi connectivity index (χ0v) is 29.2.